The van der Waals surface area contributed by atoms with Crippen LogP contribution in [-0.2, 0) is 4.74 Å². The molecular formula is C13H10BrF3O2S. The lowest BCUT2D eigenvalue weighted by Crippen LogP contribution is -2.18. The molecule has 0 aliphatic rings. The van der Waals surface area contributed by atoms with Crippen molar-refractivity contribution >= 4 is 43.1 Å². The van der Waals surface area contributed by atoms with E-state index >= 15 is 0 Å². The van der Waals surface area contributed by atoms with Gasteiger partial charge in [-0.1, -0.05) is 12.1 Å². The van der Waals surface area contributed by atoms with Gasteiger partial charge in [0.15, 0.2) is 5.78 Å². The number of thiophene rings is 1. The lowest BCUT2D eigenvalue weighted by Gasteiger charge is -2.06. The van der Waals surface area contributed by atoms with Crippen molar-refractivity contribution in [3.63, 3.8) is 0 Å². The fourth-order valence-corrected chi connectivity index (χ4v) is 3.35. The standard InChI is InChI=1S/C13H10BrF3O2S/c14-10-3-1-2-8-9(6-20-12(8)10)11(18)4-5-19-7-13(15,16)17/h1-3,6H,4-5,7H2. The maximum atomic E-state index is 12.0. The number of hydrogen-bond acceptors (Lipinski definition) is 3. The summed E-state index contributed by atoms with van der Waals surface area (Å²) in [6, 6.07) is 5.51. The molecule has 0 aliphatic heterocycles. The summed E-state index contributed by atoms with van der Waals surface area (Å²) in [5.41, 5.74) is 0.530. The molecular weight excluding hydrogens is 357 g/mol. The summed E-state index contributed by atoms with van der Waals surface area (Å²) in [4.78, 5) is 12.0. The van der Waals surface area contributed by atoms with Gasteiger partial charge in [-0.3, -0.25) is 4.79 Å². The molecule has 0 fully saturated rings. The molecule has 2 aromatic rings. The Morgan fingerprint density at radius 2 is 2.10 bits per heavy atom. The van der Waals surface area contributed by atoms with Crippen molar-refractivity contribution in [2.45, 2.75) is 12.6 Å². The minimum Gasteiger partial charge on any atom is -0.372 e. The first-order valence-electron chi connectivity index (χ1n) is 5.72. The van der Waals surface area contributed by atoms with Crippen LogP contribution >= 0.6 is 27.3 Å². The number of fused-ring (bicyclic) bond motifs is 1. The van der Waals surface area contributed by atoms with E-state index in [-0.39, 0.29) is 18.8 Å². The van der Waals surface area contributed by atoms with E-state index in [2.05, 4.69) is 20.7 Å². The number of halogens is 4. The van der Waals surface area contributed by atoms with Crippen LogP contribution in [0, 0.1) is 0 Å². The van der Waals surface area contributed by atoms with Crippen molar-refractivity contribution in [3.05, 3.63) is 33.6 Å². The highest BCUT2D eigenvalue weighted by atomic mass is 79.9. The summed E-state index contributed by atoms with van der Waals surface area (Å²) in [6.45, 7) is -1.56. The molecule has 2 nitrogen and oxygen atoms in total. The van der Waals surface area contributed by atoms with Crippen LogP contribution in [0.25, 0.3) is 10.1 Å². The van der Waals surface area contributed by atoms with Crippen LogP contribution in [0.4, 0.5) is 13.2 Å². The number of hydrogen-bond donors (Lipinski definition) is 0. The number of carbonyl (C=O) groups excluding carboxylic acids is 1. The van der Waals surface area contributed by atoms with E-state index in [1.807, 2.05) is 18.2 Å². The van der Waals surface area contributed by atoms with Gasteiger partial charge in [0.25, 0.3) is 0 Å². The van der Waals surface area contributed by atoms with Gasteiger partial charge in [0, 0.05) is 31.9 Å². The number of ether oxygens (including phenoxy) is 1. The van der Waals surface area contributed by atoms with Crippen molar-refractivity contribution in [1.82, 2.24) is 0 Å². The van der Waals surface area contributed by atoms with Crippen molar-refractivity contribution in [1.29, 1.82) is 0 Å². The van der Waals surface area contributed by atoms with Crippen LogP contribution in [0.2, 0.25) is 0 Å². The first kappa shape index (κ1) is 15.5. The number of Topliss-reactive ketones (excluding diaryl/α,β-unsaturated/α-hetero) is 1. The molecule has 0 atom stereocenters. The van der Waals surface area contributed by atoms with Gasteiger partial charge >= 0.3 is 6.18 Å². The largest absolute Gasteiger partial charge is 0.411 e. The van der Waals surface area contributed by atoms with Crippen molar-refractivity contribution in [2.75, 3.05) is 13.2 Å². The van der Waals surface area contributed by atoms with Crippen LogP contribution < -0.4 is 0 Å². The lowest BCUT2D eigenvalue weighted by molar-refractivity contribution is -0.173. The Bertz CT molecular complexity index is 622. The van der Waals surface area contributed by atoms with Crippen LogP contribution in [0.3, 0.4) is 0 Å². The molecule has 0 spiro atoms. The third-order valence-electron chi connectivity index (χ3n) is 2.59. The molecule has 1 aromatic heterocycles. The molecule has 0 bridgehead atoms. The highest BCUT2D eigenvalue weighted by molar-refractivity contribution is 9.10. The van der Waals surface area contributed by atoms with Gasteiger partial charge < -0.3 is 4.74 Å². The highest BCUT2D eigenvalue weighted by Gasteiger charge is 2.27. The van der Waals surface area contributed by atoms with E-state index in [0.717, 1.165) is 14.6 Å². The van der Waals surface area contributed by atoms with Crippen molar-refractivity contribution in [3.8, 4) is 0 Å². The molecule has 1 heterocycles. The second-order valence-electron chi connectivity index (χ2n) is 4.11. The molecule has 108 valence electrons. The molecule has 0 saturated carbocycles. The first-order valence-corrected chi connectivity index (χ1v) is 7.39. The molecule has 0 N–H and O–H groups in total. The third-order valence-corrected chi connectivity index (χ3v) is 4.54. The molecule has 20 heavy (non-hydrogen) atoms. The van der Waals surface area contributed by atoms with Gasteiger partial charge in [-0.2, -0.15) is 13.2 Å². The number of benzene rings is 1. The summed E-state index contributed by atoms with van der Waals surface area (Å²) < 4.78 is 42.0. The van der Waals surface area contributed by atoms with Gasteiger partial charge in [-0.05, 0) is 22.0 Å². The second kappa shape index (κ2) is 6.24. The van der Waals surface area contributed by atoms with Crippen LogP contribution in [0.15, 0.2) is 28.1 Å². The Kier molecular flexibility index (Phi) is 4.82. The molecule has 0 saturated heterocycles. The van der Waals surface area contributed by atoms with Gasteiger partial charge in [-0.25, -0.2) is 0 Å². The Morgan fingerprint density at radius 1 is 1.35 bits per heavy atom. The molecule has 2 rings (SSSR count). The monoisotopic (exact) mass is 366 g/mol. The Labute approximate surface area is 125 Å². The van der Waals surface area contributed by atoms with E-state index in [0.29, 0.717) is 5.56 Å². The van der Waals surface area contributed by atoms with Gasteiger partial charge in [0.1, 0.15) is 6.61 Å². The van der Waals surface area contributed by atoms with E-state index in [9.17, 15) is 18.0 Å². The Balaban J connectivity index is 2.00. The third kappa shape index (κ3) is 3.80. The number of rotatable bonds is 5. The average molecular weight is 367 g/mol. The maximum absolute atomic E-state index is 12.0. The van der Waals surface area contributed by atoms with Crippen LogP contribution in [0.5, 0.6) is 0 Å². The summed E-state index contributed by atoms with van der Waals surface area (Å²) in [6.07, 6.45) is -4.42. The zero-order valence-corrected chi connectivity index (χ0v) is 12.6. The van der Waals surface area contributed by atoms with Crippen molar-refractivity contribution in [2.24, 2.45) is 0 Å². The molecule has 0 radical (unpaired) electrons. The zero-order chi connectivity index (χ0) is 14.8. The number of ketones is 1. The molecule has 7 heteroatoms. The predicted octanol–water partition coefficient (Wildman–Crippen LogP) is 4.82. The molecule has 1 aromatic carbocycles. The molecule has 0 aliphatic carbocycles. The van der Waals surface area contributed by atoms with Crippen molar-refractivity contribution < 1.29 is 22.7 Å². The molecule has 0 unspecified atom stereocenters. The normalized spacial score (nSPS) is 12.0. The minimum atomic E-state index is -4.36. The van der Waals surface area contributed by atoms with E-state index in [1.54, 1.807) is 5.38 Å². The summed E-state index contributed by atoms with van der Waals surface area (Å²) in [5.74, 6) is -0.212. The topological polar surface area (TPSA) is 26.3 Å². The van der Waals surface area contributed by atoms with Crippen LogP contribution in [-0.4, -0.2) is 25.2 Å². The quantitative estimate of drug-likeness (QED) is 0.560. The average Bonchev–Trinajstić information content (AvgIpc) is 2.78. The van der Waals surface area contributed by atoms with Gasteiger partial charge in [0.2, 0.25) is 0 Å². The Morgan fingerprint density at radius 3 is 2.80 bits per heavy atom. The minimum absolute atomic E-state index is 0.0611. The van der Waals surface area contributed by atoms with Crippen LogP contribution in [0.1, 0.15) is 16.8 Å². The van der Waals surface area contributed by atoms with Gasteiger partial charge in [0.05, 0.1) is 6.61 Å². The predicted molar refractivity (Wildman–Crippen MR) is 75.3 cm³/mol. The zero-order valence-electron chi connectivity index (χ0n) is 10.2. The van der Waals surface area contributed by atoms with E-state index in [1.165, 1.54) is 11.3 Å². The lowest BCUT2D eigenvalue weighted by atomic mass is 10.1. The summed E-state index contributed by atoms with van der Waals surface area (Å²) >= 11 is 4.82. The molecule has 0 amide bonds. The summed E-state index contributed by atoms with van der Waals surface area (Å²) in [5, 5.41) is 2.53. The van der Waals surface area contributed by atoms with E-state index < -0.39 is 12.8 Å². The first-order chi connectivity index (χ1) is 9.38. The summed E-state index contributed by atoms with van der Waals surface area (Å²) in [7, 11) is 0. The Hall–Kier alpha value is -0.920. The number of alkyl halides is 3. The fraction of sp³-hybridized carbons (Fsp3) is 0.308. The highest BCUT2D eigenvalue weighted by Crippen LogP contribution is 2.32. The number of carbonyl (C=O) groups is 1. The fourth-order valence-electron chi connectivity index (χ4n) is 1.73. The SMILES string of the molecule is O=C(CCOCC(F)(F)F)c1csc2c(Br)cccc12. The second-order valence-corrected chi connectivity index (χ2v) is 5.84. The van der Waals surface area contributed by atoms with E-state index in [4.69, 9.17) is 0 Å². The van der Waals surface area contributed by atoms with Gasteiger partial charge in [-0.15, -0.1) is 11.3 Å². The smallest absolute Gasteiger partial charge is 0.372 e. The maximum Gasteiger partial charge on any atom is 0.411 e.